The molecule has 1 aromatic rings. The van der Waals surface area contributed by atoms with Crippen LogP contribution in [0.2, 0.25) is 25.2 Å². The molecule has 1 N–H and O–H groups in total. The minimum Gasteiger partial charge on any atom is -0.208 e. The Morgan fingerprint density at radius 3 is 2.29 bits per heavy atom. The lowest BCUT2D eigenvalue weighted by Crippen LogP contribution is -2.47. The van der Waals surface area contributed by atoms with Crippen molar-refractivity contribution in [2.45, 2.75) is 68.7 Å². The van der Waals surface area contributed by atoms with Crippen LogP contribution in [0.25, 0.3) is 0 Å². The lowest BCUT2D eigenvalue weighted by molar-refractivity contribution is 0.288. The van der Waals surface area contributed by atoms with E-state index in [4.69, 9.17) is 0 Å². The van der Waals surface area contributed by atoms with Crippen molar-refractivity contribution in [1.29, 1.82) is 0 Å². The summed E-state index contributed by atoms with van der Waals surface area (Å²) in [5.74, 6) is 0.364. The second-order valence-corrected chi connectivity index (χ2v) is 15.2. The van der Waals surface area contributed by atoms with Crippen LogP contribution in [0.1, 0.15) is 31.2 Å². The summed E-state index contributed by atoms with van der Waals surface area (Å²) in [7, 11) is -4.90. The predicted molar refractivity (Wildman–Crippen MR) is 105 cm³/mol. The molecular formula is C19H31NO2SSi. The fourth-order valence-electron chi connectivity index (χ4n) is 3.89. The number of sulfonamides is 1. The van der Waals surface area contributed by atoms with Gasteiger partial charge in [0.25, 0.3) is 0 Å². The number of aryl methyl sites for hydroxylation is 1. The normalized spacial score (nSPS) is 23.7. The fourth-order valence-corrected chi connectivity index (χ4v) is 7.60. The first-order chi connectivity index (χ1) is 11.1. The number of allylic oxidation sites excluding steroid dienone is 1. The maximum absolute atomic E-state index is 12.8. The monoisotopic (exact) mass is 365 g/mol. The Morgan fingerprint density at radius 1 is 1.17 bits per heavy atom. The number of nitrogens with one attached hydrogen (secondary N) is 1. The Bertz CT molecular complexity index is 662. The highest BCUT2D eigenvalue weighted by molar-refractivity contribution is 7.89. The molecule has 0 aliphatic heterocycles. The fraction of sp³-hybridized carbons (Fsp3) is 0.579. The highest BCUT2D eigenvalue weighted by Crippen LogP contribution is 2.40. The summed E-state index contributed by atoms with van der Waals surface area (Å²) in [6, 6.07) is 7.10. The van der Waals surface area contributed by atoms with E-state index in [1.54, 1.807) is 12.1 Å². The Balaban J connectivity index is 2.24. The quantitative estimate of drug-likeness (QED) is 0.585. The Hall–Kier alpha value is -0.913. The molecule has 0 saturated heterocycles. The third kappa shape index (κ3) is 4.58. The Labute approximate surface area is 148 Å². The van der Waals surface area contributed by atoms with Gasteiger partial charge in [-0.3, -0.25) is 0 Å². The molecule has 1 aromatic carbocycles. The van der Waals surface area contributed by atoms with E-state index in [0.29, 0.717) is 16.4 Å². The Morgan fingerprint density at radius 2 is 1.75 bits per heavy atom. The molecule has 1 unspecified atom stereocenters. The SMILES string of the molecule is C=CC([C@@H]1CCCC[C@H]1NS(=O)(=O)c1ccc(C)cc1)[Si](C)(C)C. The highest BCUT2D eigenvalue weighted by Gasteiger charge is 2.38. The molecule has 1 fully saturated rings. The molecule has 0 amide bonds. The summed E-state index contributed by atoms with van der Waals surface area (Å²) in [6.45, 7) is 13.1. The summed E-state index contributed by atoms with van der Waals surface area (Å²) in [6.07, 6.45) is 6.36. The average molecular weight is 366 g/mol. The molecule has 0 heterocycles. The largest absolute Gasteiger partial charge is 0.240 e. The molecule has 0 spiro atoms. The lowest BCUT2D eigenvalue weighted by atomic mass is 9.82. The first kappa shape index (κ1) is 19.4. The zero-order valence-corrected chi connectivity index (χ0v) is 17.2. The van der Waals surface area contributed by atoms with Gasteiger partial charge in [0, 0.05) is 6.04 Å². The minimum absolute atomic E-state index is 0.0137. The lowest BCUT2D eigenvalue weighted by Gasteiger charge is -2.41. The van der Waals surface area contributed by atoms with Gasteiger partial charge in [0.1, 0.15) is 0 Å². The smallest absolute Gasteiger partial charge is 0.208 e. The van der Waals surface area contributed by atoms with Crippen molar-refractivity contribution in [3.8, 4) is 0 Å². The van der Waals surface area contributed by atoms with Crippen molar-refractivity contribution in [3.05, 3.63) is 42.5 Å². The summed E-state index contributed by atoms with van der Waals surface area (Å²) >= 11 is 0. The van der Waals surface area contributed by atoms with Gasteiger partial charge >= 0.3 is 0 Å². The van der Waals surface area contributed by atoms with Gasteiger partial charge in [-0.2, -0.15) is 0 Å². The van der Waals surface area contributed by atoms with Crippen LogP contribution in [0, 0.1) is 12.8 Å². The number of rotatable bonds is 6. The van der Waals surface area contributed by atoms with E-state index in [2.05, 4.69) is 37.0 Å². The molecule has 3 nitrogen and oxygen atoms in total. The zero-order valence-electron chi connectivity index (χ0n) is 15.4. The molecule has 0 radical (unpaired) electrons. The summed E-state index contributed by atoms with van der Waals surface area (Å²) in [5.41, 5.74) is 1.50. The van der Waals surface area contributed by atoms with Crippen molar-refractivity contribution in [1.82, 2.24) is 4.72 Å². The van der Waals surface area contributed by atoms with Gasteiger partial charge in [-0.25, -0.2) is 13.1 Å². The van der Waals surface area contributed by atoms with Gasteiger partial charge in [0.2, 0.25) is 10.0 Å². The van der Waals surface area contributed by atoms with Crippen molar-refractivity contribution >= 4 is 18.1 Å². The second kappa shape index (κ2) is 7.54. The summed E-state index contributed by atoms with van der Waals surface area (Å²) < 4.78 is 28.6. The second-order valence-electron chi connectivity index (χ2n) is 8.12. The van der Waals surface area contributed by atoms with E-state index in [0.717, 1.165) is 24.8 Å². The molecule has 0 aromatic heterocycles. The predicted octanol–water partition coefficient (Wildman–Crippen LogP) is 4.73. The van der Waals surface area contributed by atoms with E-state index in [9.17, 15) is 8.42 Å². The first-order valence-corrected chi connectivity index (χ1v) is 13.9. The average Bonchev–Trinajstić information content (AvgIpc) is 2.48. The number of hydrogen-bond donors (Lipinski definition) is 1. The third-order valence-electron chi connectivity index (χ3n) is 5.17. The van der Waals surface area contributed by atoms with Crippen molar-refractivity contribution in [3.63, 3.8) is 0 Å². The standard InChI is InChI=1S/C19H31NO2SSi/c1-6-19(24(3,4)5)17-9-7-8-10-18(17)20-23(21,22)16-13-11-15(2)12-14-16/h6,11-14,17-20H,1,7-10H2,2-5H3/t17-,18-,19?/m1/s1. The topological polar surface area (TPSA) is 46.2 Å². The molecule has 3 atom stereocenters. The van der Waals surface area contributed by atoms with Crippen LogP contribution >= 0.6 is 0 Å². The van der Waals surface area contributed by atoms with E-state index in [1.165, 1.54) is 6.42 Å². The maximum atomic E-state index is 12.8. The van der Waals surface area contributed by atoms with Crippen LogP contribution in [0.15, 0.2) is 41.8 Å². The van der Waals surface area contributed by atoms with Gasteiger partial charge in [0.15, 0.2) is 0 Å². The minimum atomic E-state index is -3.47. The molecule has 1 aliphatic rings. The van der Waals surface area contributed by atoms with Gasteiger partial charge < -0.3 is 0 Å². The van der Waals surface area contributed by atoms with Crippen LogP contribution < -0.4 is 4.72 Å². The van der Waals surface area contributed by atoms with Crippen LogP contribution in [-0.4, -0.2) is 22.5 Å². The molecular weight excluding hydrogens is 334 g/mol. The Kier molecular flexibility index (Phi) is 6.10. The molecule has 5 heteroatoms. The first-order valence-electron chi connectivity index (χ1n) is 8.87. The van der Waals surface area contributed by atoms with Crippen LogP contribution in [-0.2, 0) is 10.0 Å². The molecule has 134 valence electrons. The van der Waals surface area contributed by atoms with E-state index < -0.39 is 18.1 Å². The van der Waals surface area contributed by atoms with Gasteiger partial charge in [-0.15, -0.1) is 6.58 Å². The van der Waals surface area contributed by atoms with Gasteiger partial charge in [-0.1, -0.05) is 56.3 Å². The van der Waals surface area contributed by atoms with E-state index >= 15 is 0 Å². The molecule has 2 rings (SSSR count). The molecule has 1 saturated carbocycles. The maximum Gasteiger partial charge on any atom is 0.240 e. The van der Waals surface area contributed by atoms with Crippen LogP contribution in [0.3, 0.4) is 0 Å². The van der Waals surface area contributed by atoms with Crippen molar-refractivity contribution < 1.29 is 8.42 Å². The van der Waals surface area contributed by atoms with Gasteiger partial charge in [0.05, 0.1) is 13.0 Å². The van der Waals surface area contributed by atoms with E-state index in [1.807, 2.05) is 19.1 Å². The van der Waals surface area contributed by atoms with Gasteiger partial charge in [-0.05, 0) is 43.4 Å². The van der Waals surface area contributed by atoms with Crippen LogP contribution in [0.4, 0.5) is 0 Å². The van der Waals surface area contributed by atoms with Crippen molar-refractivity contribution in [2.24, 2.45) is 5.92 Å². The van der Waals surface area contributed by atoms with Crippen LogP contribution in [0.5, 0.6) is 0 Å². The zero-order chi connectivity index (χ0) is 18.0. The van der Waals surface area contributed by atoms with E-state index in [-0.39, 0.29) is 6.04 Å². The molecule has 24 heavy (non-hydrogen) atoms. The number of hydrogen-bond acceptors (Lipinski definition) is 2. The number of benzene rings is 1. The summed E-state index contributed by atoms with van der Waals surface area (Å²) in [5, 5.41) is 0. The summed E-state index contributed by atoms with van der Waals surface area (Å²) in [4.78, 5) is 0.362. The third-order valence-corrected chi connectivity index (χ3v) is 9.34. The molecule has 0 bridgehead atoms. The molecule has 1 aliphatic carbocycles. The highest BCUT2D eigenvalue weighted by atomic mass is 32.2. The van der Waals surface area contributed by atoms with Crippen molar-refractivity contribution in [2.75, 3.05) is 0 Å².